The van der Waals surface area contributed by atoms with Crippen LogP contribution in [0.5, 0.6) is 5.75 Å². The van der Waals surface area contributed by atoms with Crippen molar-refractivity contribution < 1.29 is 9.53 Å². The molecule has 1 aromatic heterocycles. The van der Waals surface area contributed by atoms with E-state index in [1.165, 1.54) is 11.8 Å². The summed E-state index contributed by atoms with van der Waals surface area (Å²) in [6.45, 7) is 1.86. The molecule has 2 aromatic carbocycles. The second-order valence-corrected chi connectivity index (χ2v) is 7.60. The van der Waals surface area contributed by atoms with Crippen molar-refractivity contribution in [1.82, 2.24) is 25.5 Å². The number of tetrazole rings is 1. The highest BCUT2D eigenvalue weighted by Gasteiger charge is 2.15. The van der Waals surface area contributed by atoms with Gasteiger partial charge in [0, 0.05) is 10.0 Å². The molecule has 0 radical (unpaired) electrons. The molecule has 1 N–H and O–H groups in total. The highest BCUT2D eigenvalue weighted by Crippen LogP contribution is 2.26. The molecule has 0 aliphatic rings. The molecule has 146 valence electrons. The molecule has 0 saturated heterocycles. The van der Waals surface area contributed by atoms with E-state index < -0.39 is 0 Å². The van der Waals surface area contributed by atoms with Gasteiger partial charge < -0.3 is 10.1 Å². The predicted octanol–water partition coefficient (Wildman–Crippen LogP) is 3.95. The Labute approximate surface area is 176 Å². The summed E-state index contributed by atoms with van der Waals surface area (Å²) in [6.07, 6.45) is 0. The van der Waals surface area contributed by atoms with Crippen LogP contribution in [-0.4, -0.2) is 39.0 Å². The lowest BCUT2D eigenvalue weighted by molar-refractivity contribution is -0.119. The number of methoxy groups -OCH3 is 1. The smallest absolute Gasteiger partial charge is 0.230 e. The van der Waals surface area contributed by atoms with Crippen LogP contribution in [0, 0.1) is 0 Å². The number of hydrogen-bond acceptors (Lipinski definition) is 6. The second kappa shape index (κ2) is 9.27. The number of aromatic nitrogens is 4. The zero-order chi connectivity index (χ0) is 20.1. The number of hydrogen-bond donors (Lipinski definition) is 1. The number of nitrogens with zero attached hydrogens (tertiary/aromatic N) is 4. The molecular formula is C18H17Cl2N5O2S. The molecule has 0 aliphatic heterocycles. The molecule has 0 aliphatic carbocycles. The van der Waals surface area contributed by atoms with Crippen LogP contribution >= 0.6 is 35.0 Å². The Morgan fingerprint density at radius 1 is 1.25 bits per heavy atom. The van der Waals surface area contributed by atoms with E-state index in [0.29, 0.717) is 15.2 Å². The molecule has 7 nitrogen and oxygen atoms in total. The van der Waals surface area contributed by atoms with Crippen molar-refractivity contribution in [3.05, 3.63) is 58.1 Å². The number of amides is 1. The zero-order valence-electron chi connectivity index (χ0n) is 15.1. The van der Waals surface area contributed by atoms with Gasteiger partial charge in [0.25, 0.3) is 0 Å². The van der Waals surface area contributed by atoms with E-state index in [4.69, 9.17) is 27.9 Å². The lowest BCUT2D eigenvalue weighted by Gasteiger charge is -2.15. The van der Waals surface area contributed by atoms with Crippen LogP contribution in [-0.2, 0) is 4.79 Å². The summed E-state index contributed by atoms with van der Waals surface area (Å²) in [7, 11) is 1.60. The number of halogens is 2. The SMILES string of the molecule is COc1ccc(-n2nnnc2SCC(=O)NC(C)c2ccc(Cl)cc2Cl)cc1. The maximum absolute atomic E-state index is 12.3. The Balaban J connectivity index is 1.61. The number of thioether (sulfide) groups is 1. The fourth-order valence-corrected chi connectivity index (χ4v) is 3.77. The maximum atomic E-state index is 12.3. The number of rotatable bonds is 7. The van der Waals surface area contributed by atoms with Crippen molar-refractivity contribution in [3.8, 4) is 11.4 Å². The van der Waals surface area contributed by atoms with Crippen molar-refractivity contribution in [2.45, 2.75) is 18.1 Å². The summed E-state index contributed by atoms with van der Waals surface area (Å²) >= 11 is 13.3. The van der Waals surface area contributed by atoms with Gasteiger partial charge in [-0.05, 0) is 59.3 Å². The first kappa shape index (κ1) is 20.4. The number of nitrogens with one attached hydrogen (secondary N) is 1. The van der Waals surface area contributed by atoms with Crippen LogP contribution in [0.2, 0.25) is 10.0 Å². The third kappa shape index (κ3) is 4.95. The molecule has 1 amide bonds. The number of carbonyl (C=O) groups is 1. The number of benzene rings is 2. The molecule has 0 spiro atoms. The van der Waals surface area contributed by atoms with Gasteiger partial charge in [0.05, 0.1) is 24.6 Å². The van der Waals surface area contributed by atoms with Gasteiger partial charge in [0.2, 0.25) is 11.1 Å². The zero-order valence-corrected chi connectivity index (χ0v) is 17.4. The van der Waals surface area contributed by atoms with Gasteiger partial charge in [-0.3, -0.25) is 4.79 Å². The summed E-state index contributed by atoms with van der Waals surface area (Å²) in [4.78, 5) is 12.3. The standard InChI is InChI=1S/C18H17Cl2N5O2S/c1-11(15-8-3-12(19)9-16(15)20)21-17(26)10-28-18-22-23-24-25(18)13-4-6-14(27-2)7-5-13/h3-9,11H,10H2,1-2H3,(H,21,26). The van der Waals surface area contributed by atoms with E-state index in [1.54, 1.807) is 30.0 Å². The van der Waals surface area contributed by atoms with Crippen LogP contribution in [0.3, 0.4) is 0 Å². The predicted molar refractivity (Wildman–Crippen MR) is 109 cm³/mol. The summed E-state index contributed by atoms with van der Waals surface area (Å²) in [6, 6.07) is 12.2. The molecule has 1 unspecified atom stereocenters. The molecule has 3 rings (SSSR count). The van der Waals surface area contributed by atoms with E-state index in [0.717, 1.165) is 17.0 Å². The lowest BCUT2D eigenvalue weighted by Crippen LogP contribution is -2.28. The van der Waals surface area contributed by atoms with Crippen molar-refractivity contribution in [1.29, 1.82) is 0 Å². The summed E-state index contributed by atoms with van der Waals surface area (Å²) in [5, 5.41) is 16.1. The van der Waals surface area contributed by atoms with E-state index in [9.17, 15) is 4.79 Å². The minimum Gasteiger partial charge on any atom is -0.497 e. The number of ether oxygens (including phenoxy) is 1. The third-order valence-corrected chi connectivity index (χ3v) is 5.38. The van der Waals surface area contributed by atoms with E-state index in [1.807, 2.05) is 31.2 Å². The van der Waals surface area contributed by atoms with Crippen molar-refractivity contribution >= 4 is 40.9 Å². The summed E-state index contributed by atoms with van der Waals surface area (Å²) in [5.41, 5.74) is 1.57. The monoisotopic (exact) mass is 437 g/mol. The average molecular weight is 438 g/mol. The Hall–Kier alpha value is -2.29. The Morgan fingerprint density at radius 2 is 2.00 bits per heavy atom. The topological polar surface area (TPSA) is 81.9 Å². The third-order valence-electron chi connectivity index (χ3n) is 3.90. The Kier molecular flexibility index (Phi) is 6.77. The molecule has 28 heavy (non-hydrogen) atoms. The van der Waals surface area contributed by atoms with Crippen molar-refractivity contribution in [2.24, 2.45) is 0 Å². The molecule has 0 saturated carbocycles. The number of carbonyl (C=O) groups excluding carboxylic acids is 1. The largest absolute Gasteiger partial charge is 0.497 e. The Morgan fingerprint density at radius 3 is 2.68 bits per heavy atom. The molecule has 0 bridgehead atoms. The van der Waals surface area contributed by atoms with E-state index in [2.05, 4.69) is 20.8 Å². The van der Waals surface area contributed by atoms with Gasteiger partial charge in [0.1, 0.15) is 5.75 Å². The molecule has 3 aromatic rings. The van der Waals surface area contributed by atoms with Gasteiger partial charge in [-0.25, -0.2) is 0 Å². The Bertz CT molecular complexity index is 965. The maximum Gasteiger partial charge on any atom is 0.230 e. The summed E-state index contributed by atoms with van der Waals surface area (Å²) < 4.78 is 6.71. The molecule has 10 heteroatoms. The molecular weight excluding hydrogens is 421 g/mol. The molecule has 1 atom stereocenters. The molecule has 1 heterocycles. The van der Waals surface area contributed by atoms with Crippen molar-refractivity contribution in [3.63, 3.8) is 0 Å². The first-order chi connectivity index (χ1) is 13.5. The lowest BCUT2D eigenvalue weighted by atomic mass is 10.1. The second-order valence-electron chi connectivity index (χ2n) is 5.82. The highest BCUT2D eigenvalue weighted by atomic mass is 35.5. The van der Waals surface area contributed by atoms with Crippen LogP contribution in [0.15, 0.2) is 47.6 Å². The van der Waals surface area contributed by atoms with Crippen LogP contribution in [0.4, 0.5) is 0 Å². The highest BCUT2D eigenvalue weighted by molar-refractivity contribution is 7.99. The first-order valence-corrected chi connectivity index (χ1v) is 10.0. The minimum absolute atomic E-state index is 0.159. The van der Waals surface area contributed by atoms with Crippen molar-refractivity contribution in [2.75, 3.05) is 12.9 Å². The van der Waals surface area contributed by atoms with Gasteiger partial charge >= 0.3 is 0 Å². The normalized spacial score (nSPS) is 11.9. The fraction of sp³-hybridized carbons (Fsp3) is 0.222. The minimum atomic E-state index is -0.254. The van der Waals surface area contributed by atoms with Gasteiger partial charge in [-0.15, -0.1) is 5.10 Å². The van der Waals surface area contributed by atoms with E-state index in [-0.39, 0.29) is 17.7 Å². The fourth-order valence-electron chi connectivity index (χ4n) is 2.50. The van der Waals surface area contributed by atoms with Gasteiger partial charge in [-0.1, -0.05) is 41.0 Å². The van der Waals surface area contributed by atoms with Crippen LogP contribution in [0.1, 0.15) is 18.5 Å². The van der Waals surface area contributed by atoms with Gasteiger partial charge in [0.15, 0.2) is 0 Å². The van der Waals surface area contributed by atoms with Crippen LogP contribution in [0.25, 0.3) is 5.69 Å². The van der Waals surface area contributed by atoms with Gasteiger partial charge in [-0.2, -0.15) is 4.68 Å². The van der Waals surface area contributed by atoms with E-state index >= 15 is 0 Å². The summed E-state index contributed by atoms with van der Waals surface area (Å²) in [5.74, 6) is 0.736. The first-order valence-electron chi connectivity index (χ1n) is 8.28. The van der Waals surface area contributed by atoms with Crippen LogP contribution < -0.4 is 10.1 Å². The molecule has 0 fully saturated rings. The quantitative estimate of drug-likeness (QED) is 0.563. The average Bonchev–Trinajstić information content (AvgIpc) is 3.15.